The molecular weight excluding hydrogens is 423 g/mol. The predicted molar refractivity (Wildman–Crippen MR) is 108 cm³/mol. The summed E-state index contributed by atoms with van der Waals surface area (Å²) >= 11 is 12.0. The van der Waals surface area contributed by atoms with Crippen LogP contribution in [0.15, 0.2) is 47.4 Å². The molecule has 1 amide bonds. The van der Waals surface area contributed by atoms with E-state index in [1.807, 2.05) is 31.2 Å². The van der Waals surface area contributed by atoms with Crippen molar-refractivity contribution in [3.05, 3.63) is 58.1 Å². The lowest BCUT2D eigenvalue weighted by Crippen LogP contribution is -2.51. The molecule has 0 N–H and O–H groups in total. The van der Waals surface area contributed by atoms with Crippen LogP contribution >= 0.6 is 23.2 Å². The Morgan fingerprint density at radius 1 is 1.04 bits per heavy atom. The van der Waals surface area contributed by atoms with Gasteiger partial charge >= 0.3 is 0 Å². The van der Waals surface area contributed by atoms with Gasteiger partial charge in [0.15, 0.2) is 6.61 Å². The van der Waals surface area contributed by atoms with Crippen molar-refractivity contribution in [2.24, 2.45) is 0 Å². The number of aryl methyl sites for hydroxylation is 1. The Morgan fingerprint density at radius 3 is 2.32 bits per heavy atom. The lowest BCUT2D eigenvalue weighted by atomic mass is 10.2. The molecule has 1 fully saturated rings. The highest BCUT2D eigenvalue weighted by Gasteiger charge is 2.32. The molecule has 0 bridgehead atoms. The summed E-state index contributed by atoms with van der Waals surface area (Å²) in [5, 5.41) is 0.194. The molecule has 1 aliphatic heterocycles. The van der Waals surface area contributed by atoms with E-state index in [1.54, 1.807) is 11.0 Å². The molecule has 3 rings (SSSR count). The van der Waals surface area contributed by atoms with Gasteiger partial charge in [0, 0.05) is 26.2 Å². The van der Waals surface area contributed by atoms with Gasteiger partial charge in [-0.1, -0.05) is 47.0 Å². The van der Waals surface area contributed by atoms with Gasteiger partial charge in [0.05, 0.1) is 10.0 Å². The number of hydrogen-bond acceptors (Lipinski definition) is 4. The van der Waals surface area contributed by atoms with Crippen LogP contribution in [0.3, 0.4) is 0 Å². The van der Waals surface area contributed by atoms with Gasteiger partial charge in [-0.25, -0.2) is 8.42 Å². The van der Waals surface area contributed by atoms with E-state index >= 15 is 0 Å². The Bertz CT molecular complexity index is 956. The van der Waals surface area contributed by atoms with Crippen LogP contribution in [0, 0.1) is 6.92 Å². The Balaban J connectivity index is 1.58. The number of carbonyl (C=O) groups excluding carboxylic acids is 1. The number of carbonyl (C=O) groups is 1. The molecule has 0 aliphatic carbocycles. The predicted octanol–water partition coefficient (Wildman–Crippen LogP) is 3.21. The van der Waals surface area contributed by atoms with Crippen molar-refractivity contribution in [1.29, 1.82) is 0 Å². The molecule has 9 heteroatoms. The average Bonchev–Trinajstić information content (AvgIpc) is 2.69. The standard InChI is InChI=1S/C19H20Cl2N2O4S/c1-14-5-7-15(8-6-14)27-13-18(24)22-9-11-23(12-10-22)28(25,26)17-4-2-3-16(20)19(17)21/h2-8H,9-13H2,1H3. The van der Waals surface area contributed by atoms with Gasteiger partial charge < -0.3 is 9.64 Å². The number of benzene rings is 2. The lowest BCUT2D eigenvalue weighted by Gasteiger charge is -2.34. The molecule has 2 aromatic carbocycles. The monoisotopic (exact) mass is 442 g/mol. The minimum absolute atomic E-state index is 0.00849. The van der Waals surface area contributed by atoms with Crippen molar-refractivity contribution in [2.45, 2.75) is 11.8 Å². The van der Waals surface area contributed by atoms with Crippen LogP contribution in [-0.2, 0) is 14.8 Å². The average molecular weight is 443 g/mol. The third-order valence-corrected chi connectivity index (χ3v) is 7.38. The SMILES string of the molecule is Cc1ccc(OCC(=O)N2CCN(S(=O)(=O)c3cccc(Cl)c3Cl)CC2)cc1. The van der Waals surface area contributed by atoms with E-state index in [2.05, 4.69) is 0 Å². The maximum Gasteiger partial charge on any atom is 0.260 e. The summed E-state index contributed by atoms with van der Waals surface area (Å²) in [5.41, 5.74) is 1.11. The van der Waals surface area contributed by atoms with Gasteiger partial charge in [0.25, 0.3) is 5.91 Å². The van der Waals surface area contributed by atoms with Gasteiger partial charge in [0.2, 0.25) is 10.0 Å². The smallest absolute Gasteiger partial charge is 0.260 e. The first-order valence-electron chi connectivity index (χ1n) is 8.70. The van der Waals surface area contributed by atoms with Crippen molar-refractivity contribution in [2.75, 3.05) is 32.8 Å². The number of piperazine rings is 1. The second-order valence-corrected chi connectivity index (χ2v) is 9.13. The summed E-state index contributed by atoms with van der Waals surface area (Å²) < 4.78 is 32.5. The molecule has 0 atom stereocenters. The van der Waals surface area contributed by atoms with E-state index in [1.165, 1.54) is 16.4 Å². The number of sulfonamides is 1. The number of ether oxygens (including phenoxy) is 1. The Labute approximate surface area is 174 Å². The van der Waals surface area contributed by atoms with Crippen LogP contribution in [0.4, 0.5) is 0 Å². The molecule has 1 heterocycles. The summed E-state index contributed by atoms with van der Waals surface area (Å²) in [5.74, 6) is 0.439. The minimum atomic E-state index is -3.78. The third kappa shape index (κ3) is 4.60. The zero-order valence-corrected chi connectivity index (χ0v) is 17.6. The summed E-state index contributed by atoms with van der Waals surface area (Å²) in [4.78, 5) is 13.9. The number of halogens is 2. The van der Waals surface area contributed by atoms with Crippen LogP contribution in [0.5, 0.6) is 5.75 Å². The summed E-state index contributed by atoms with van der Waals surface area (Å²) in [6, 6.07) is 11.9. The molecule has 0 unspecified atom stereocenters. The topological polar surface area (TPSA) is 66.9 Å². The molecule has 150 valence electrons. The summed E-state index contributed by atoms with van der Waals surface area (Å²) in [6.07, 6.45) is 0. The van der Waals surface area contributed by atoms with Crippen LogP contribution in [0.25, 0.3) is 0 Å². The molecule has 0 radical (unpaired) electrons. The maximum atomic E-state index is 12.8. The first-order chi connectivity index (χ1) is 13.3. The molecule has 0 aromatic heterocycles. The summed E-state index contributed by atoms with van der Waals surface area (Å²) in [6.45, 7) is 2.82. The van der Waals surface area contributed by atoms with Crippen molar-refractivity contribution < 1.29 is 17.9 Å². The Hall–Kier alpha value is -1.80. The molecule has 6 nitrogen and oxygen atoms in total. The number of nitrogens with zero attached hydrogens (tertiary/aromatic N) is 2. The van der Waals surface area contributed by atoms with Crippen LogP contribution < -0.4 is 4.74 Å². The fourth-order valence-electron chi connectivity index (χ4n) is 2.87. The number of amides is 1. The zero-order chi connectivity index (χ0) is 20.3. The summed E-state index contributed by atoms with van der Waals surface area (Å²) in [7, 11) is -3.78. The quantitative estimate of drug-likeness (QED) is 0.712. The van der Waals surface area contributed by atoms with Crippen LogP contribution in [0.2, 0.25) is 10.0 Å². The first kappa shape index (κ1) is 20.9. The van der Waals surface area contributed by atoms with Crippen LogP contribution in [0.1, 0.15) is 5.56 Å². The molecule has 0 saturated carbocycles. The minimum Gasteiger partial charge on any atom is -0.484 e. The largest absolute Gasteiger partial charge is 0.484 e. The van der Waals surface area contributed by atoms with E-state index in [-0.39, 0.29) is 53.6 Å². The van der Waals surface area contributed by atoms with E-state index in [4.69, 9.17) is 27.9 Å². The van der Waals surface area contributed by atoms with E-state index in [9.17, 15) is 13.2 Å². The van der Waals surface area contributed by atoms with E-state index in [0.29, 0.717) is 5.75 Å². The normalized spacial score (nSPS) is 15.5. The van der Waals surface area contributed by atoms with Gasteiger partial charge in [-0.15, -0.1) is 0 Å². The van der Waals surface area contributed by atoms with Crippen molar-refractivity contribution in [3.8, 4) is 5.75 Å². The van der Waals surface area contributed by atoms with Gasteiger partial charge in [-0.05, 0) is 31.2 Å². The van der Waals surface area contributed by atoms with Crippen LogP contribution in [-0.4, -0.2) is 56.3 Å². The lowest BCUT2D eigenvalue weighted by molar-refractivity contribution is -0.134. The van der Waals surface area contributed by atoms with Gasteiger partial charge in [-0.3, -0.25) is 4.79 Å². The zero-order valence-electron chi connectivity index (χ0n) is 15.3. The Morgan fingerprint density at radius 2 is 1.68 bits per heavy atom. The molecule has 1 aliphatic rings. The van der Waals surface area contributed by atoms with Crippen molar-refractivity contribution in [3.63, 3.8) is 0 Å². The highest BCUT2D eigenvalue weighted by molar-refractivity contribution is 7.89. The molecule has 28 heavy (non-hydrogen) atoms. The highest BCUT2D eigenvalue weighted by atomic mass is 35.5. The van der Waals surface area contributed by atoms with E-state index in [0.717, 1.165) is 5.56 Å². The molecule has 1 saturated heterocycles. The van der Waals surface area contributed by atoms with Crippen molar-refractivity contribution in [1.82, 2.24) is 9.21 Å². The number of hydrogen-bond donors (Lipinski definition) is 0. The fraction of sp³-hybridized carbons (Fsp3) is 0.316. The number of rotatable bonds is 5. The van der Waals surface area contributed by atoms with Crippen molar-refractivity contribution >= 4 is 39.1 Å². The Kier molecular flexibility index (Phi) is 6.50. The third-order valence-electron chi connectivity index (χ3n) is 4.51. The maximum absolute atomic E-state index is 12.8. The molecule has 2 aromatic rings. The molecular formula is C19H20Cl2N2O4S. The second kappa shape index (κ2) is 8.69. The second-order valence-electron chi connectivity index (χ2n) is 6.44. The van der Waals surface area contributed by atoms with Gasteiger partial charge in [-0.2, -0.15) is 4.31 Å². The molecule has 0 spiro atoms. The van der Waals surface area contributed by atoms with E-state index < -0.39 is 10.0 Å². The van der Waals surface area contributed by atoms with Gasteiger partial charge in [0.1, 0.15) is 10.6 Å². The first-order valence-corrected chi connectivity index (χ1v) is 10.9. The highest BCUT2D eigenvalue weighted by Crippen LogP contribution is 2.31. The fourth-order valence-corrected chi connectivity index (χ4v) is 5.03.